The smallest absolute Gasteiger partial charge is 0.346 e. The van der Waals surface area contributed by atoms with E-state index < -0.39 is 18.2 Å². The van der Waals surface area contributed by atoms with E-state index in [0.29, 0.717) is 5.75 Å². The first-order valence-corrected chi connectivity index (χ1v) is 5.07. The number of aliphatic hydroxyl groups is 1. The van der Waals surface area contributed by atoms with Gasteiger partial charge in [0.25, 0.3) is 0 Å². The number of ether oxygens (including phenoxy) is 2. The quantitative estimate of drug-likeness (QED) is 0.790. The molecule has 1 aromatic rings. The molecule has 0 aromatic heterocycles. The molecular formula is C12H16O4. The van der Waals surface area contributed by atoms with Crippen molar-refractivity contribution in [2.24, 2.45) is 0 Å². The highest BCUT2D eigenvalue weighted by atomic mass is 16.6. The number of benzene rings is 1. The lowest BCUT2D eigenvalue weighted by atomic mass is 10.1. The molecule has 0 saturated carbocycles. The van der Waals surface area contributed by atoms with Gasteiger partial charge in [-0.15, -0.1) is 0 Å². The fourth-order valence-corrected chi connectivity index (χ4v) is 1.27. The lowest BCUT2D eigenvalue weighted by molar-refractivity contribution is -0.147. The van der Waals surface area contributed by atoms with Crippen LogP contribution in [0.2, 0.25) is 0 Å². The zero-order chi connectivity index (χ0) is 12.1. The van der Waals surface area contributed by atoms with Gasteiger partial charge in [0.15, 0.2) is 6.10 Å². The van der Waals surface area contributed by atoms with Gasteiger partial charge in [-0.25, -0.2) is 4.79 Å². The van der Waals surface area contributed by atoms with Crippen molar-refractivity contribution in [1.29, 1.82) is 0 Å². The Morgan fingerprint density at radius 1 is 1.38 bits per heavy atom. The first-order chi connectivity index (χ1) is 7.54. The van der Waals surface area contributed by atoms with Crippen molar-refractivity contribution >= 4 is 5.97 Å². The summed E-state index contributed by atoms with van der Waals surface area (Å²) in [6.45, 7) is 3.28. The van der Waals surface area contributed by atoms with E-state index in [1.807, 2.05) is 0 Å². The number of aliphatic hydroxyl groups excluding tert-OH is 1. The third-order valence-electron chi connectivity index (χ3n) is 2.19. The van der Waals surface area contributed by atoms with Gasteiger partial charge in [0.05, 0.1) is 13.2 Å². The maximum atomic E-state index is 11.1. The van der Waals surface area contributed by atoms with Gasteiger partial charge < -0.3 is 14.6 Å². The number of rotatable bonds is 4. The lowest BCUT2D eigenvalue weighted by Crippen LogP contribution is -2.24. The Morgan fingerprint density at radius 3 is 2.62 bits per heavy atom. The summed E-state index contributed by atoms with van der Waals surface area (Å²) in [5.74, 6) is 0.110. The molecule has 4 nitrogen and oxygen atoms in total. The SMILES string of the molecule is COC(=O)C(C)Oc1cccc(C(C)O)c1. The van der Waals surface area contributed by atoms with Gasteiger partial charge in [0.1, 0.15) is 5.75 Å². The van der Waals surface area contributed by atoms with Gasteiger partial charge in [-0.1, -0.05) is 12.1 Å². The van der Waals surface area contributed by atoms with Crippen molar-refractivity contribution < 1.29 is 19.4 Å². The van der Waals surface area contributed by atoms with Crippen molar-refractivity contribution in [1.82, 2.24) is 0 Å². The van der Waals surface area contributed by atoms with Crippen LogP contribution in [-0.2, 0) is 9.53 Å². The summed E-state index contributed by atoms with van der Waals surface area (Å²) in [6, 6.07) is 6.98. The molecule has 0 aliphatic heterocycles. The number of hydrogen-bond donors (Lipinski definition) is 1. The second kappa shape index (κ2) is 5.51. The molecule has 2 unspecified atom stereocenters. The van der Waals surface area contributed by atoms with Crippen molar-refractivity contribution in [3.63, 3.8) is 0 Å². The van der Waals surface area contributed by atoms with Crippen LogP contribution in [0.5, 0.6) is 5.75 Å². The average Bonchev–Trinajstić information content (AvgIpc) is 2.28. The van der Waals surface area contributed by atoms with Crippen LogP contribution in [0.3, 0.4) is 0 Å². The lowest BCUT2D eigenvalue weighted by Gasteiger charge is -2.13. The fraction of sp³-hybridized carbons (Fsp3) is 0.417. The first kappa shape index (κ1) is 12.5. The third kappa shape index (κ3) is 3.24. The van der Waals surface area contributed by atoms with E-state index in [4.69, 9.17) is 4.74 Å². The molecule has 0 saturated heterocycles. The molecule has 2 atom stereocenters. The maximum Gasteiger partial charge on any atom is 0.346 e. The Labute approximate surface area is 94.8 Å². The Hall–Kier alpha value is -1.55. The number of esters is 1. The highest BCUT2D eigenvalue weighted by Crippen LogP contribution is 2.19. The maximum absolute atomic E-state index is 11.1. The predicted molar refractivity (Wildman–Crippen MR) is 59.2 cm³/mol. The molecule has 1 N–H and O–H groups in total. The molecule has 1 rings (SSSR count). The molecule has 4 heteroatoms. The Balaban J connectivity index is 2.74. The summed E-state index contributed by atoms with van der Waals surface area (Å²) < 4.78 is 9.92. The Morgan fingerprint density at radius 2 is 2.06 bits per heavy atom. The zero-order valence-corrected chi connectivity index (χ0v) is 9.64. The molecule has 0 aliphatic carbocycles. The topological polar surface area (TPSA) is 55.8 Å². The normalized spacial score (nSPS) is 14.0. The molecular weight excluding hydrogens is 208 g/mol. The van der Waals surface area contributed by atoms with Gasteiger partial charge in [-0.2, -0.15) is 0 Å². The van der Waals surface area contributed by atoms with E-state index in [2.05, 4.69) is 4.74 Å². The molecule has 88 valence electrons. The Bertz CT molecular complexity index is 360. The van der Waals surface area contributed by atoms with Crippen LogP contribution in [-0.4, -0.2) is 24.3 Å². The van der Waals surface area contributed by atoms with Crippen LogP contribution in [0, 0.1) is 0 Å². The largest absolute Gasteiger partial charge is 0.479 e. The molecule has 1 aromatic carbocycles. The van der Waals surface area contributed by atoms with E-state index in [1.165, 1.54) is 7.11 Å². The number of methoxy groups -OCH3 is 1. The molecule has 0 aliphatic rings. The number of carbonyl (C=O) groups is 1. The Kier molecular flexibility index (Phi) is 4.31. The summed E-state index contributed by atoms with van der Waals surface area (Å²) in [5.41, 5.74) is 0.745. The number of carbonyl (C=O) groups excluding carboxylic acids is 1. The molecule has 16 heavy (non-hydrogen) atoms. The van der Waals surface area contributed by atoms with Gasteiger partial charge in [0, 0.05) is 0 Å². The van der Waals surface area contributed by atoms with Crippen LogP contribution in [0.1, 0.15) is 25.5 Å². The van der Waals surface area contributed by atoms with Crippen molar-refractivity contribution in [3.8, 4) is 5.75 Å². The molecule has 0 amide bonds. The minimum atomic E-state index is -0.658. The van der Waals surface area contributed by atoms with Gasteiger partial charge >= 0.3 is 5.97 Å². The summed E-state index contributed by atoms with van der Waals surface area (Å²) in [4.78, 5) is 11.1. The average molecular weight is 224 g/mol. The fourth-order valence-electron chi connectivity index (χ4n) is 1.27. The van der Waals surface area contributed by atoms with Crippen molar-refractivity contribution in [3.05, 3.63) is 29.8 Å². The van der Waals surface area contributed by atoms with E-state index in [1.54, 1.807) is 38.1 Å². The van der Waals surface area contributed by atoms with Gasteiger partial charge in [-0.05, 0) is 31.5 Å². The zero-order valence-electron chi connectivity index (χ0n) is 9.64. The second-order valence-electron chi connectivity index (χ2n) is 3.53. The van der Waals surface area contributed by atoms with E-state index in [9.17, 15) is 9.90 Å². The van der Waals surface area contributed by atoms with Crippen LogP contribution < -0.4 is 4.74 Å². The monoisotopic (exact) mass is 224 g/mol. The molecule has 0 radical (unpaired) electrons. The van der Waals surface area contributed by atoms with Crippen molar-refractivity contribution in [2.75, 3.05) is 7.11 Å². The molecule has 0 heterocycles. The van der Waals surface area contributed by atoms with Gasteiger partial charge in [-0.3, -0.25) is 0 Å². The van der Waals surface area contributed by atoms with Crippen LogP contribution >= 0.6 is 0 Å². The van der Waals surface area contributed by atoms with Crippen LogP contribution in [0.15, 0.2) is 24.3 Å². The van der Waals surface area contributed by atoms with Crippen molar-refractivity contribution in [2.45, 2.75) is 26.1 Å². The summed E-state index contributed by atoms with van der Waals surface area (Å²) in [5, 5.41) is 9.39. The second-order valence-corrected chi connectivity index (χ2v) is 3.53. The van der Waals surface area contributed by atoms with E-state index in [-0.39, 0.29) is 0 Å². The highest BCUT2D eigenvalue weighted by Gasteiger charge is 2.14. The summed E-state index contributed by atoms with van der Waals surface area (Å²) >= 11 is 0. The minimum Gasteiger partial charge on any atom is -0.479 e. The predicted octanol–water partition coefficient (Wildman–Crippen LogP) is 1.68. The minimum absolute atomic E-state index is 0.428. The third-order valence-corrected chi connectivity index (χ3v) is 2.19. The van der Waals surface area contributed by atoms with Crippen LogP contribution in [0.25, 0.3) is 0 Å². The highest BCUT2D eigenvalue weighted by molar-refractivity contribution is 5.74. The van der Waals surface area contributed by atoms with Crippen LogP contribution in [0.4, 0.5) is 0 Å². The standard InChI is InChI=1S/C12H16O4/c1-8(13)10-5-4-6-11(7-10)16-9(2)12(14)15-3/h4-9,13H,1-3H3. The molecule has 0 fully saturated rings. The summed E-state index contributed by atoms with van der Waals surface area (Å²) in [7, 11) is 1.31. The summed E-state index contributed by atoms with van der Waals surface area (Å²) in [6.07, 6.45) is -1.22. The first-order valence-electron chi connectivity index (χ1n) is 5.07. The van der Waals surface area contributed by atoms with E-state index in [0.717, 1.165) is 5.56 Å². The molecule has 0 bridgehead atoms. The number of hydrogen-bond acceptors (Lipinski definition) is 4. The molecule has 0 spiro atoms. The van der Waals surface area contributed by atoms with Gasteiger partial charge in [0.2, 0.25) is 0 Å². The van der Waals surface area contributed by atoms with E-state index >= 15 is 0 Å².